The van der Waals surface area contributed by atoms with Crippen LogP contribution >= 0.6 is 0 Å². The molecule has 3 aromatic rings. The molecule has 3 heterocycles. The van der Waals surface area contributed by atoms with Crippen molar-refractivity contribution in [1.82, 2.24) is 9.88 Å². The van der Waals surface area contributed by atoms with E-state index in [4.69, 9.17) is 0 Å². The molecule has 2 aromatic carbocycles. The van der Waals surface area contributed by atoms with Crippen molar-refractivity contribution in [1.29, 1.82) is 0 Å². The van der Waals surface area contributed by atoms with Crippen LogP contribution in [0.15, 0.2) is 73.1 Å². The van der Waals surface area contributed by atoms with E-state index < -0.39 is 29.1 Å². The molecule has 0 radical (unpaired) electrons. The molecule has 2 saturated heterocycles. The summed E-state index contributed by atoms with van der Waals surface area (Å²) in [7, 11) is 0. The van der Waals surface area contributed by atoms with Gasteiger partial charge in [0, 0.05) is 56.2 Å². The number of hydrogen-bond donors (Lipinski definition) is 1. The summed E-state index contributed by atoms with van der Waals surface area (Å²) < 4.78 is 28.6. The largest absolute Gasteiger partial charge is 0.384 e. The molecule has 36 heavy (non-hydrogen) atoms. The summed E-state index contributed by atoms with van der Waals surface area (Å²) in [5.41, 5.74) is 1.02. The first-order chi connectivity index (χ1) is 17.3. The van der Waals surface area contributed by atoms with E-state index in [1.54, 1.807) is 12.4 Å². The van der Waals surface area contributed by atoms with Gasteiger partial charge in [-0.3, -0.25) is 9.78 Å². The third-order valence-electron chi connectivity index (χ3n) is 8.05. The second-order valence-electron chi connectivity index (χ2n) is 10.2. The average molecular weight is 492 g/mol. The number of halogens is 2. The van der Waals surface area contributed by atoms with Gasteiger partial charge in [-0.15, -0.1) is 0 Å². The van der Waals surface area contributed by atoms with Crippen LogP contribution in [0, 0.1) is 29.4 Å². The first-order valence-electron chi connectivity index (χ1n) is 12.5. The second kappa shape index (κ2) is 9.62. The summed E-state index contributed by atoms with van der Waals surface area (Å²) in [6.45, 7) is 5.58. The van der Waals surface area contributed by atoms with Gasteiger partial charge in [0.1, 0.15) is 11.6 Å². The minimum atomic E-state index is -1.04. The quantitative estimate of drug-likeness (QED) is 0.581. The summed E-state index contributed by atoms with van der Waals surface area (Å²) in [6.07, 6.45) is 3.42. The minimum Gasteiger partial charge on any atom is -0.384 e. The summed E-state index contributed by atoms with van der Waals surface area (Å²) >= 11 is 0. The molecule has 1 N–H and O–H groups in total. The monoisotopic (exact) mass is 491 g/mol. The molecule has 188 valence electrons. The van der Waals surface area contributed by atoms with E-state index in [0.29, 0.717) is 31.7 Å². The standard InChI is InChI=1S/C29H31F2N3O2/c1-19-15-34(16-20(2)29(19,36)21-7-4-3-5-8-21)28(35)26-18-33(23-9-6-12-32-14-23)17-25(26)24-11-10-22(30)13-27(24)31/h3-14,19-20,25-26,36H,15-18H2,1-2H3/t19?,20?,25-,26+,29?/m0/s1. The molecule has 5 rings (SSSR count). The SMILES string of the molecule is CC1CN(C(=O)[C@@H]2CN(c3cccnc3)C[C@H]2c2ccc(F)cc2F)CC(C)C1(O)c1ccccc1. The van der Waals surface area contributed by atoms with Crippen molar-refractivity contribution in [3.63, 3.8) is 0 Å². The van der Waals surface area contributed by atoms with Crippen molar-refractivity contribution in [3.8, 4) is 0 Å². The molecule has 1 aromatic heterocycles. The number of carbonyl (C=O) groups excluding carboxylic acids is 1. The lowest BCUT2D eigenvalue weighted by molar-refractivity contribution is -0.152. The molecule has 2 unspecified atom stereocenters. The van der Waals surface area contributed by atoms with E-state index in [-0.39, 0.29) is 17.7 Å². The molecule has 2 fully saturated rings. The first-order valence-corrected chi connectivity index (χ1v) is 12.5. The van der Waals surface area contributed by atoms with Crippen LogP contribution in [0.5, 0.6) is 0 Å². The number of carbonyl (C=O) groups is 1. The second-order valence-corrected chi connectivity index (χ2v) is 10.2. The summed E-state index contributed by atoms with van der Waals surface area (Å²) in [5.74, 6) is -2.66. The van der Waals surface area contributed by atoms with Crippen LogP contribution in [0.25, 0.3) is 0 Å². The number of rotatable bonds is 4. The fourth-order valence-electron chi connectivity index (χ4n) is 6.11. The Morgan fingerprint density at radius 3 is 2.33 bits per heavy atom. The predicted molar refractivity (Wildman–Crippen MR) is 134 cm³/mol. The number of benzene rings is 2. The lowest BCUT2D eigenvalue weighted by Gasteiger charge is -2.48. The highest BCUT2D eigenvalue weighted by Gasteiger charge is 2.49. The van der Waals surface area contributed by atoms with Gasteiger partial charge in [0.25, 0.3) is 0 Å². The molecule has 0 aliphatic carbocycles. The molecule has 0 bridgehead atoms. The highest BCUT2D eigenvalue weighted by molar-refractivity contribution is 5.82. The molecule has 5 nitrogen and oxygen atoms in total. The fraction of sp³-hybridized carbons (Fsp3) is 0.379. The lowest BCUT2D eigenvalue weighted by atomic mass is 9.70. The van der Waals surface area contributed by atoms with Crippen molar-refractivity contribution in [2.45, 2.75) is 25.4 Å². The summed E-state index contributed by atoms with van der Waals surface area (Å²) in [6, 6.07) is 16.9. The van der Waals surface area contributed by atoms with Crippen LogP contribution in [-0.2, 0) is 10.4 Å². The van der Waals surface area contributed by atoms with Crippen molar-refractivity contribution < 1.29 is 18.7 Å². The number of likely N-dealkylation sites (tertiary alicyclic amines) is 1. The van der Waals surface area contributed by atoms with Gasteiger partial charge in [-0.25, -0.2) is 8.78 Å². The van der Waals surface area contributed by atoms with E-state index >= 15 is 0 Å². The van der Waals surface area contributed by atoms with Gasteiger partial charge < -0.3 is 14.9 Å². The average Bonchev–Trinajstić information content (AvgIpc) is 3.32. The van der Waals surface area contributed by atoms with E-state index in [1.807, 2.05) is 66.1 Å². The highest BCUT2D eigenvalue weighted by atomic mass is 19.1. The van der Waals surface area contributed by atoms with Crippen LogP contribution in [0.4, 0.5) is 14.5 Å². The van der Waals surface area contributed by atoms with Crippen LogP contribution < -0.4 is 4.90 Å². The zero-order valence-electron chi connectivity index (χ0n) is 20.5. The highest BCUT2D eigenvalue weighted by Crippen LogP contribution is 2.43. The number of pyridine rings is 1. The number of hydrogen-bond acceptors (Lipinski definition) is 4. The zero-order valence-corrected chi connectivity index (χ0v) is 20.5. The Kier molecular flexibility index (Phi) is 6.51. The Balaban J connectivity index is 1.43. The number of aromatic nitrogens is 1. The van der Waals surface area contributed by atoms with Crippen LogP contribution in [0.2, 0.25) is 0 Å². The maximum Gasteiger partial charge on any atom is 0.228 e. The first kappa shape index (κ1) is 24.4. The van der Waals surface area contributed by atoms with E-state index in [0.717, 1.165) is 17.3 Å². The molecule has 4 atom stereocenters. The lowest BCUT2D eigenvalue weighted by Crippen LogP contribution is -2.57. The molecule has 2 aliphatic heterocycles. The smallest absolute Gasteiger partial charge is 0.228 e. The Labute approximate surface area is 210 Å². The van der Waals surface area contributed by atoms with Gasteiger partial charge in [-0.1, -0.05) is 50.2 Å². The number of nitrogens with zero attached hydrogens (tertiary/aromatic N) is 3. The van der Waals surface area contributed by atoms with Crippen molar-refractivity contribution in [2.24, 2.45) is 17.8 Å². The fourth-order valence-corrected chi connectivity index (χ4v) is 6.11. The molecular weight excluding hydrogens is 460 g/mol. The number of piperidine rings is 1. The van der Waals surface area contributed by atoms with Gasteiger partial charge >= 0.3 is 0 Å². The molecule has 1 amide bonds. The van der Waals surface area contributed by atoms with E-state index in [9.17, 15) is 18.7 Å². The third-order valence-corrected chi connectivity index (χ3v) is 8.05. The van der Waals surface area contributed by atoms with Gasteiger partial charge in [0.2, 0.25) is 5.91 Å². The van der Waals surface area contributed by atoms with Crippen LogP contribution in [0.3, 0.4) is 0 Å². The van der Waals surface area contributed by atoms with Crippen molar-refractivity contribution >= 4 is 11.6 Å². The maximum atomic E-state index is 14.9. The Bertz CT molecular complexity index is 1210. The van der Waals surface area contributed by atoms with Crippen LogP contribution in [0.1, 0.15) is 30.9 Å². The van der Waals surface area contributed by atoms with Crippen molar-refractivity contribution in [2.75, 3.05) is 31.1 Å². The molecule has 7 heteroatoms. The van der Waals surface area contributed by atoms with Gasteiger partial charge in [0.15, 0.2) is 0 Å². The van der Waals surface area contributed by atoms with E-state index in [2.05, 4.69) is 4.98 Å². The molecule has 0 saturated carbocycles. The van der Waals surface area contributed by atoms with Crippen molar-refractivity contribution in [3.05, 3.63) is 95.8 Å². The molecule has 2 aliphatic rings. The summed E-state index contributed by atoms with van der Waals surface area (Å²) in [4.78, 5) is 22.0. The maximum absolute atomic E-state index is 14.9. The Morgan fingerprint density at radius 2 is 1.69 bits per heavy atom. The molecular formula is C29H31F2N3O2. The predicted octanol–water partition coefficient (Wildman–Crippen LogP) is 4.58. The summed E-state index contributed by atoms with van der Waals surface area (Å²) in [5, 5.41) is 11.7. The zero-order chi connectivity index (χ0) is 25.4. The Morgan fingerprint density at radius 1 is 0.972 bits per heavy atom. The van der Waals surface area contributed by atoms with Gasteiger partial charge in [-0.05, 0) is 29.3 Å². The number of anilines is 1. The van der Waals surface area contributed by atoms with Gasteiger partial charge in [0.05, 0.1) is 23.4 Å². The minimum absolute atomic E-state index is 0.0658. The van der Waals surface area contributed by atoms with Gasteiger partial charge in [-0.2, -0.15) is 0 Å². The normalized spacial score (nSPS) is 28.4. The third kappa shape index (κ3) is 4.26. The van der Waals surface area contributed by atoms with Crippen LogP contribution in [-0.4, -0.2) is 47.1 Å². The Hall–Kier alpha value is -3.32. The van der Waals surface area contributed by atoms with E-state index in [1.165, 1.54) is 12.1 Å². The molecule has 0 spiro atoms. The number of amides is 1. The number of aliphatic hydroxyl groups is 1. The topological polar surface area (TPSA) is 56.7 Å².